The molecule has 0 spiro atoms. The van der Waals surface area contributed by atoms with Gasteiger partial charge in [0.05, 0.1) is 11.1 Å². The zero-order chi connectivity index (χ0) is 13.8. The molecule has 102 valence electrons. The lowest BCUT2D eigenvalue weighted by molar-refractivity contribution is 0.587. The maximum Gasteiger partial charge on any atom is 0.104 e. The van der Waals surface area contributed by atoms with Crippen molar-refractivity contribution in [3.63, 3.8) is 0 Å². The summed E-state index contributed by atoms with van der Waals surface area (Å²) in [5.74, 6) is 0. The summed E-state index contributed by atoms with van der Waals surface area (Å²) in [6, 6.07) is 2.69. The topological polar surface area (TPSA) is 42.7 Å². The van der Waals surface area contributed by atoms with Gasteiger partial charge in [0.25, 0.3) is 0 Å². The van der Waals surface area contributed by atoms with Gasteiger partial charge in [-0.1, -0.05) is 31.7 Å². The van der Waals surface area contributed by atoms with Crippen molar-refractivity contribution in [2.24, 2.45) is 7.05 Å². The van der Waals surface area contributed by atoms with Crippen molar-refractivity contribution in [1.82, 2.24) is 20.1 Å². The zero-order valence-corrected chi connectivity index (χ0v) is 12.7. The smallest absolute Gasteiger partial charge is 0.104 e. The average molecular weight is 276 g/mol. The van der Waals surface area contributed by atoms with E-state index in [9.17, 15) is 0 Å². The number of hydrogen-bond donors (Lipinski definition) is 1. The van der Waals surface area contributed by atoms with Gasteiger partial charge in [-0.05, 0) is 18.1 Å². The molecule has 2 rings (SSSR count). The Kier molecular flexibility index (Phi) is 4.61. The summed E-state index contributed by atoms with van der Waals surface area (Å²) in [6.45, 7) is 7.26. The SMILES string of the molecule is Cc1cc(CNC(C)C)cnc1Sc1cnn(C)c1. The molecule has 0 saturated carbocycles. The van der Waals surface area contributed by atoms with Gasteiger partial charge in [0.15, 0.2) is 0 Å². The Morgan fingerprint density at radius 3 is 2.74 bits per heavy atom. The fraction of sp³-hybridized carbons (Fsp3) is 0.429. The molecule has 0 amide bonds. The molecular weight excluding hydrogens is 256 g/mol. The Morgan fingerprint density at radius 1 is 1.37 bits per heavy atom. The maximum atomic E-state index is 4.55. The summed E-state index contributed by atoms with van der Waals surface area (Å²) >= 11 is 1.65. The third kappa shape index (κ3) is 4.08. The van der Waals surface area contributed by atoms with Gasteiger partial charge in [0, 0.05) is 32.0 Å². The summed E-state index contributed by atoms with van der Waals surface area (Å²) in [7, 11) is 1.92. The number of nitrogens with zero attached hydrogens (tertiary/aromatic N) is 3. The van der Waals surface area contributed by atoms with Gasteiger partial charge in [-0.3, -0.25) is 4.68 Å². The lowest BCUT2D eigenvalue weighted by Gasteiger charge is -2.09. The monoisotopic (exact) mass is 276 g/mol. The molecule has 0 radical (unpaired) electrons. The number of nitrogens with one attached hydrogen (secondary N) is 1. The molecule has 0 aliphatic rings. The molecule has 0 bridgehead atoms. The van der Waals surface area contributed by atoms with Crippen molar-refractivity contribution in [2.75, 3.05) is 0 Å². The van der Waals surface area contributed by atoms with Crippen LogP contribution >= 0.6 is 11.8 Å². The Labute approximate surface area is 118 Å². The van der Waals surface area contributed by atoms with Crippen LogP contribution in [0.2, 0.25) is 0 Å². The van der Waals surface area contributed by atoms with Crippen LogP contribution in [0.25, 0.3) is 0 Å². The highest BCUT2D eigenvalue weighted by Gasteiger charge is 2.06. The molecule has 19 heavy (non-hydrogen) atoms. The van der Waals surface area contributed by atoms with E-state index < -0.39 is 0 Å². The van der Waals surface area contributed by atoms with Gasteiger partial charge in [-0.2, -0.15) is 5.10 Å². The van der Waals surface area contributed by atoms with Crippen LogP contribution in [-0.4, -0.2) is 20.8 Å². The van der Waals surface area contributed by atoms with E-state index in [0.29, 0.717) is 6.04 Å². The predicted molar refractivity (Wildman–Crippen MR) is 78.3 cm³/mol. The van der Waals surface area contributed by atoms with Crippen LogP contribution in [0.3, 0.4) is 0 Å². The molecule has 0 saturated heterocycles. The van der Waals surface area contributed by atoms with Crippen molar-refractivity contribution < 1.29 is 0 Å². The quantitative estimate of drug-likeness (QED) is 0.912. The second-order valence-electron chi connectivity index (χ2n) is 4.95. The Bertz CT molecular complexity index is 548. The van der Waals surface area contributed by atoms with E-state index in [1.165, 1.54) is 11.1 Å². The number of hydrogen-bond acceptors (Lipinski definition) is 4. The van der Waals surface area contributed by atoms with Crippen LogP contribution in [0.1, 0.15) is 25.0 Å². The first-order chi connectivity index (χ1) is 9.04. The van der Waals surface area contributed by atoms with Crippen molar-refractivity contribution in [3.8, 4) is 0 Å². The van der Waals surface area contributed by atoms with Crippen molar-refractivity contribution >= 4 is 11.8 Å². The fourth-order valence-corrected chi connectivity index (χ4v) is 2.56. The van der Waals surface area contributed by atoms with E-state index in [2.05, 4.69) is 42.2 Å². The molecule has 4 nitrogen and oxygen atoms in total. The minimum absolute atomic E-state index is 0.491. The van der Waals surface area contributed by atoms with E-state index in [4.69, 9.17) is 0 Å². The molecule has 0 atom stereocenters. The van der Waals surface area contributed by atoms with E-state index in [-0.39, 0.29) is 0 Å². The van der Waals surface area contributed by atoms with Gasteiger partial charge in [-0.15, -0.1) is 0 Å². The molecule has 0 aliphatic carbocycles. The molecule has 5 heteroatoms. The first kappa shape index (κ1) is 14.1. The predicted octanol–water partition coefficient (Wildman–Crippen LogP) is 2.77. The van der Waals surface area contributed by atoms with E-state index in [1.807, 2.05) is 25.6 Å². The van der Waals surface area contributed by atoms with E-state index in [1.54, 1.807) is 16.4 Å². The maximum absolute atomic E-state index is 4.55. The Hall–Kier alpha value is -1.33. The van der Waals surface area contributed by atoms with Gasteiger partial charge in [-0.25, -0.2) is 4.98 Å². The standard InChI is InChI=1S/C14H20N4S/c1-10(2)15-6-12-5-11(3)14(16-7-12)19-13-8-17-18(4)9-13/h5,7-10,15H,6H2,1-4H3. The lowest BCUT2D eigenvalue weighted by Crippen LogP contribution is -2.21. The minimum atomic E-state index is 0.491. The summed E-state index contributed by atoms with van der Waals surface area (Å²) in [6.07, 6.45) is 5.81. The highest BCUT2D eigenvalue weighted by molar-refractivity contribution is 7.99. The highest BCUT2D eigenvalue weighted by atomic mass is 32.2. The number of pyridine rings is 1. The molecule has 0 fully saturated rings. The van der Waals surface area contributed by atoms with Crippen LogP contribution in [0.5, 0.6) is 0 Å². The van der Waals surface area contributed by atoms with Gasteiger partial charge in [0.1, 0.15) is 5.03 Å². The van der Waals surface area contributed by atoms with E-state index in [0.717, 1.165) is 16.5 Å². The molecule has 0 unspecified atom stereocenters. The molecule has 0 aromatic carbocycles. The third-order valence-corrected chi connectivity index (χ3v) is 3.76. The Morgan fingerprint density at radius 2 is 2.16 bits per heavy atom. The summed E-state index contributed by atoms with van der Waals surface area (Å²) in [5, 5.41) is 8.61. The van der Waals surface area contributed by atoms with Crippen LogP contribution in [-0.2, 0) is 13.6 Å². The minimum Gasteiger partial charge on any atom is -0.310 e. The van der Waals surface area contributed by atoms with Crippen LogP contribution < -0.4 is 5.32 Å². The van der Waals surface area contributed by atoms with Crippen LogP contribution in [0.15, 0.2) is 34.6 Å². The van der Waals surface area contributed by atoms with Gasteiger partial charge < -0.3 is 5.32 Å². The summed E-state index contributed by atoms with van der Waals surface area (Å²) < 4.78 is 1.80. The first-order valence-electron chi connectivity index (χ1n) is 6.40. The first-order valence-corrected chi connectivity index (χ1v) is 7.21. The molecule has 2 heterocycles. The van der Waals surface area contributed by atoms with Crippen molar-refractivity contribution in [2.45, 2.75) is 43.3 Å². The number of rotatable bonds is 5. The lowest BCUT2D eigenvalue weighted by atomic mass is 10.2. The molecule has 2 aromatic rings. The van der Waals surface area contributed by atoms with Crippen LogP contribution in [0, 0.1) is 6.92 Å². The molecule has 0 aliphatic heterocycles. The van der Waals surface area contributed by atoms with E-state index >= 15 is 0 Å². The number of aryl methyl sites for hydroxylation is 2. The fourth-order valence-electron chi connectivity index (χ4n) is 1.71. The summed E-state index contributed by atoms with van der Waals surface area (Å²) in [4.78, 5) is 5.66. The second-order valence-corrected chi connectivity index (χ2v) is 6.02. The van der Waals surface area contributed by atoms with Crippen molar-refractivity contribution in [1.29, 1.82) is 0 Å². The van der Waals surface area contributed by atoms with Crippen LogP contribution in [0.4, 0.5) is 0 Å². The van der Waals surface area contributed by atoms with Gasteiger partial charge >= 0.3 is 0 Å². The summed E-state index contributed by atoms with van der Waals surface area (Å²) in [5.41, 5.74) is 2.43. The average Bonchev–Trinajstić information content (AvgIpc) is 2.75. The normalized spacial score (nSPS) is 11.2. The van der Waals surface area contributed by atoms with Crippen molar-refractivity contribution in [3.05, 3.63) is 35.8 Å². The molecular formula is C14H20N4S. The molecule has 2 aromatic heterocycles. The molecule has 1 N–H and O–H groups in total. The third-order valence-electron chi connectivity index (χ3n) is 2.70. The largest absolute Gasteiger partial charge is 0.310 e. The Balaban J connectivity index is 2.06. The zero-order valence-electron chi connectivity index (χ0n) is 11.8. The van der Waals surface area contributed by atoms with Gasteiger partial charge in [0.2, 0.25) is 0 Å². The number of aromatic nitrogens is 3. The highest BCUT2D eigenvalue weighted by Crippen LogP contribution is 2.28. The second kappa shape index (κ2) is 6.21.